The second kappa shape index (κ2) is 7.67. The van der Waals surface area contributed by atoms with Crippen molar-refractivity contribution in [1.29, 1.82) is 0 Å². The van der Waals surface area contributed by atoms with E-state index in [1.165, 1.54) is 35.2 Å². The Balaban J connectivity index is 1.54. The highest BCUT2D eigenvalue weighted by Gasteiger charge is 2.38. The standard InChI is InChI=1S/C20H16Cl2N2O5/c21-15-7-11(8-16(22)17(15)25)23-18(26)10-3-4-13-14(6-10)20(28)24(19(13)27)9-12-2-1-5-29-12/h3-4,6-8,12,25H,1-2,5,9H2,(H,23,26). The number of phenols is 1. The minimum absolute atomic E-state index is 0.00713. The SMILES string of the molecule is O=C(Nc1cc(Cl)c(O)c(Cl)c1)c1ccc2c(c1)C(=O)N(CC1CCCO1)C2=O. The molecule has 0 aromatic heterocycles. The molecular weight excluding hydrogens is 419 g/mol. The Kier molecular flexibility index (Phi) is 5.21. The molecule has 2 aromatic rings. The highest BCUT2D eigenvalue weighted by molar-refractivity contribution is 6.37. The molecule has 9 heteroatoms. The third kappa shape index (κ3) is 3.69. The predicted molar refractivity (Wildman–Crippen MR) is 107 cm³/mol. The summed E-state index contributed by atoms with van der Waals surface area (Å²) in [5.74, 6) is -1.61. The molecule has 4 rings (SSSR count). The molecule has 1 fully saturated rings. The van der Waals surface area contributed by atoms with Gasteiger partial charge in [-0.25, -0.2) is 0 Å². The molecule has 2 heterocycles. The van der Waals surface area contributed by atoms with Crippen LogP contribution in [0.25, 0.3) is 0 Å². The number of aromatic hydroxyl groups is 1. The number of halogens is 2. The summed E-state index contributed by atoms with van der Waals surface area (Å²) in [4.78, 5) is 39.0. The second-order valence-corrected chi connectivity index (χ2v) is 7.67. The molecule has 0 radical (unpaired) electrons. The lowest BCUT2D eigenvalue weighted by Crippen LogP contribution is -2.36. The second-order valence-electron chi connectivity index (χ2n) is 6.86. The van der Waals surface area contributed by atoms with Crippen LogP contribution >= 0.6 is 23.2 Å². The summed E-state index contributed by atoms with van der Waals surface area (Å²) in [5.41, 5.74) is 0.928. The van der Waals surface area contributed by atoms with E-state index in [4.69, 9.17) is 27.9 Å². The Bertz CT molecular complexity index is 1010. The van der Waals surface area contributed by atoms with Crippen LogP contribution in [0.4, 0.5) is 5.69 Å². The van der Waals surface area contributed by atoms with Gasteiger partial charge in [-0.1, -0.05) is 23.2 Å². The first-order chi connectivity index (χ1) is 13.8. The number of imide groups is 1. The number of benzene rings is 2. The number of phenolic OH excluding ortho intramolecular Hbond substituents is 1. The molecule has 29 heavy (non-hydrogen) atoms. The summed E-state index contributed by atoms with van der Waals surface area (Å²) >= 11 is 11.7. The van der Waals surface area contributed by atoms with Crippen LogP contribution < -0.4 is 5.32 Å². The van der Waals surface area contributed by atoms with Crippen molar-refractivity contribution in [2.45, 2.75) is 18.9 Å². The van der Waals surface area contributed by atoms with Gasteiger partial charge in [-0.2, -0.15) is 0 Å². The van der Waals surface area contributed by atoms with E-state index >= 15 is 0 Å². The van der Waals surface area contributed by atoms with Crippen molar-refractivity contribution in [3.63, 3.8) is 0 Å². The molecule has 1 unspecified atom stereocenters. The number of hydrogen-bond donors (Lipinski definition) is 2. The molecule has 2 aliphatic rings. The van der Waals surface area contributed by atoms with Crippen LogP contribution in [-0.2, 0) is 4.74 Å². The van der Waals surface area contributed by atoms with Crippen molar-refractivity contribution in [2.75, 3.05) is 18.5 Å². The number of fused-ring (bicyclic) bond motifs is 1. The number of nitrogens with one attached hydrogen (secondary N) is 1. The number of nitrogens with zero attached hydrogens (tertiary/aromatic N) is 1. The van der Waals surface area contributed by atoms with E-state index < -0.39 is 11.8 Å². The molecule has 2 aromatic carbocycles. The molecule has 2 N–H and O–H groups in total. The van der Waals surface area contributed by atoms with Gasteiger partial charge in [0.05, 0.1) is 33.8 Å². The lowest BCUT2D eigenvalue weighted by Gasteiger charge is -2.17. The third-order valence-corrected chi connectivity index (χ3v) is 5.49. The largest absolute Gasteiger partial charge is 0.505 e. The van der Waals surface area contributed by atoms with Gasteiger partial charge in [0.2, 0.25) is 0 Å². The van der Waals surface area contributed by atoms with Crippen LogP contribution in [0.1, 0.15) is 43.9 Å². The summed E-state index contributed by atoms with van der Waals surface area (Å²) < 4.78 is 5.52. The van der Waals surface area contributed by atoms with E-state index in [0.29, 0.717) is 6.61 Å². The number of carbonyl (C=O) groups excluding carboxylic acids is 3. The van der Waals surface area contributed by atoms with E-state index in [1.807, 2.05) is 0 Å². The first-order valence-corrected chi connectivity index (χ1v) is 9.72. The molecule has 0 aliphatic carbocycles. The molecule has 0 bridgehead atoms. The Morgan fingerprint density at radius 2 is 1.83 bits per heavy atom. The number of hydrogen-bond acceptors (Lipinski definition) is 5. The van der Waals surface area contributed by atoms with E-state index in [1.54, 1.807) is 0 Å². The lowest BCUT2D eigenvalue weighted by molar-refractivity contribution is 0.0475. The van der Waals surface area contributed by atoms with E-state index in [2.05, 4.69) is 5.32 Å². The fourth-order valence-electron chi connectivity index (χ4n) is 3.43. The number of amides is 3. The monoisotopic (exact) mass is 434 g/mol. The summed E-state index contributed by atoms with van der Waals surface area (Å²) in [6, 6.07) is 7.04. The van der Waals surface area contributed by atoms with Crippen molar-refractivity contribution in [1.82, 2.24) is 4.90 Å². The Labute approximate surface area is 176 Å². The lowest BCUT2D eigenvalue weighted by atomic mass is 10.1. The van der Waals surface area contributed by atoms with Crippen molar-refractivity contribution >= 4 is 46.6 Å². The van der Waals surface area contributed by atoms with Gasteiger partial charge in [0.15, 0.2) is 5.75 Å². The highest BCUT2D eigenvalue weighted by Crippen LogP contribution is 2.35. The fraction of sp³-hybridized carbons (Fsp3) is 0.250. The van der Waals surface area contributed by atoms with Crippen molar-refractivity contribution in [2.24, 2.45) is 0 Å². The maximum absolute atomic E-state index is 12.7. The molecule has 0 saturated carbocycles. The smallest absolute Gasteiger partial charge is 0.261 e. The first kappa shape index (κ1) is 19.7. The zero-order valence-corrected chi connectivity index (χ0v) is 16.6. The predicted octanol–water partition coefficient (Wildman–Crippen LogP) is 3.73. The number of anilines is 1. The topological polar surface area (TPSA) is 95.9 Å². The van der Waals surface area contributed by atoms with E-state index in [9.17, 15) is 19.5 Å². The third-order valence-electron chi connectivity index (χ3n) is 4.92. The Morgan fingerprint density at radius 3 is 2.48 bits per heavy atom. The minimum Gasteiger partial charge on any atom is -0.505 e. The normalized spacial score (nSPS) is 18.3. The average molecular weight is 435 g/mol. The average Bonchev–Trinajstić information content (AvgIpc) is 3.29. The molecule has 7 nitrogen and oxygen atoms in total. The zero-order chi connectivity index (χ0) is 20.7. The van der Waals surface area contributed by atoms with Crippen LogP contribution in [0.3, 0.4) is 0 Å². The Hall–Kier alpha value is -2.61. The van der Waals surface area contributed by atoms with Gasteiger partial charge in [0.25, 0.3) is 17.7 Å². The van der Waals surface area contributed by atoms with Gasteiger partial charge in [-0.05, 0) is 43.2 Å². The molecule has 3 amide bonds. The molecule has 0 spiro atoms. The van der Waals surface area contributed by atoms with Crippen LogP contribution in [0.15, 0.2) is 30.3 Å². The van der Waals surface area contributed by atoms with Gasteiger partial charge in [-0.15, -0.1) is 0 Å². The van der Waals surface area contributed by atoms with Gasteiger partial charge < -0.3 is 15.2 Å². The summed E-state index contributed by atoms with van der Waals surface area (Å²) in [5, 5.41) is 12.2. The number of carbonyl (C=O) groups is 3. The summed E-state index contributed by atoms with van der Waals surface area (Å²) in [6.45, 7) is 0.835. The quantitative estimate of drug-likeness (QED) is 0.564. The maximum atomic E-state index is 12.7. The fourth-order valence-corrected chi connectivity index (χ4v) is 3.92. The van der Waals surface area contributed by atoms with Gasteiger partial charge >= 0.3 is 0 Å². The minimum atomic E-state index is -0.511. The molecule has 1 atom stereocenters. The van der Waals surface area contributed by atoms with Gasteiger partial charge in [0.1, 0.15) is 0 Å². The van der Waals surface area contributed by atoms with Crippen LogP contribution in [0.2, 0.25) is 10.0 Å². The zero-order valence-electron chi connectivity index (χ0n) is 15.1. The van der Waals surface area contributed by atoms with E-state index in [0.717, 1.165) is 12.8 Å². The van der Waals surface area contributed by atoms with Crippen LogP contribution in [0, 0.1) is 0 Å². The van der Waals surface area contributed by atoms with Gasteiger partial charge in [-0.3, -0.25) is 19.3 Å². The van der Waals surface area contributed by atoms with Crippen LogP contribution in [-0.4, -0.2) is 47.0 Å². The highest BCUT2D eigenvalue weighted by atomic mass is 35.5. The number of rotatable bonds is 4. The first-order valence-electron chi connectivity index (χ1n) is 8.96. The van der Waals surface area contributed by atoms with Gasteiger partial charge in [0, 0.05) is 17.9 Å². The molecule has 1 saturated heterocycles. The van der Waals surface area contributed by atoms with Crippen molar-refractivity contribution in [3.8, 4) is 5.75 Å². The summed E-state index contributed by atoms with van der Waals surface area (Å²) in [7, 11) is 0. The Morgan fingerprint density at radius 1 is 1.14 bits per heavy atom. The molecule has 2 aliphatic heterocycles. The summed E-state index contributed by atoms with van der Waals surface area (Å²) in [6.07, 6.45) is 1.56. The van der Waals surface area contributed by atoms with Crippen LogP contribution in [0.5, 0.6) is 5.75 Å². The number of ether oxygens (including phenoxy) is 1. The van der Waals surface area contributed by atoms with Crippen molar-refractivity contribution < 1.29 is 24.2 Å². The van der Waals surface area contributed by atoms with Crippen molar-refractivity contribution in [3.05, 3.63) is 57.1 Å². The maximum Gasteiger partial charge on any atom is 0.261 e. The van der Waals surface area contributed by atoms with E-state index in [-0.39, 0.29) is 56.7 Å². The molecule has 150 valence electrons. The molecular formula is C20H16Cl2N2O5.